The molecule has 1 aromatic heterocycles. The monoisotopic (exact) mass is 505 g/mol. The normalized spacial score (nSPS) is 11.3. The van der Waals surface area contributed by atoms with Crippen LogP contribution in [0.15, 0.2) is 58.4 Å². The Morgan fingerprint density at radius 2 is 1.79 bits per heavy atom. The number of halogens is 1. The topological polar surface area (TPSA) is 122 Å². The summed E-state index contributed by atoms with van der Waals surface area (Å²) in [6.45, 7) is 3.36. The van der Waals surface area contributed by atoms with Gasteiger partial charge in [-0.05, 0) is 72.8 Å². The van der Waals surface area contributed by atoms with Crippen LogP contribution >= 0.6 is 22.6 Å². The number of nitro groups is 1. The lowest BCUT2D eigenvalue weighted by Gasteiger charge is -2.02. The number of aromatic nitrogens is 2. The molecule has 0 bridgehead atoms. The second kappa shape index (κ2) is 8.39. The molecule has 0 saturated heterocycles. The van der Waals surface area contributed by atoms with E-state index in [1.54, 1.807) is 13.8 Å². The lowest BCUT2D eigenvalue weighted by molar-refractivity contribution is -0.384. The summed E-state index contributed by atoms with van der Waals surface area (Å²) in [7, 11) is 0. The minimum atomic E-state index is -0.544. The maximum Gasteiger partial charge on any atom is 0.280 e. The third kappa shape index (κ3) is 4.42. The predicted molar refractivity (Wildman–Crippen MR) is 117 cm³/mol. The van der Waals surface area contributed by atoms with Crippen LogP contribution in [-0.2, 0) is 0 Å². The average Bonchev–Trinajstić information content (AvgIpc) is 3.00. The molecule has 1 heterocycles. The third-order valence-corrected chi connectivity index (χ3v) is 4.90. The Hall–Kier alpha value is -3.28. The number of hydrogen-bond acceptors (Lipinski definition) is 5. The molecule has 0 aliphatic rings. The number of rotatable bonds is 5. The molecule has 0 saturated carbocycles. The van der Waals surface area contributed by atoms with Crippen LogP contribution in [0.3, 0.4) is 0 Å². The molecule has 3 aromatic rings. The van der Waals surface area contributed by atoms with E-state index in [0.29, 0.717) is 22.7 Å². The van der Waals surface area contributed by atoms with E-state index < -0.39 is 10.8 Å². The van der Waals surface area contributed by atoms with Crippen LogP contribution in [0.5, 0.6) is 0 Å². The van der Waals surface area contributed by atoms with E-state index in [1.807, 2.05) is 24.3 Å². The van der Waals surface area contributed by atoms with Gasteiger partial charge in [0, 0.05) is 27.0 Å². The smallest absolute Gasteiger partial charge is 0.280 e. The van der Waals surface area contributed by atoms with Crippen molar-refractivity contribution in [3.05, 3.63) is 89.4 Å². The van der Waals surface area contributed by atoms with Gasteiger partial charge in [0.05, 0.1) is 21.9 Å². The minimum Gasteiger partial charge on any atom is -0.295 e. The van der Waals surface area contributed by atoms with Crippen LogP contribution < -0.4 is 11.0 Å². The van der Waals surface area contributed by atoms with E-state index >= 15 is 0 Å². The molecule has 1 amide bonds. The summed E-state index contributed by atoms with van der Waals surface area (Å²) in [5.74, 6) is -0.537. The number of nitro benzene ring substituents is 1. The van der Waals surface area contributed by atoms with Gasteiger partial charge >= 0.3 is 0 Å². The van der Waals surface area contributed by atoms with Crippen LogP contribution in [0.1, 0.15) is 28.5 Å². The number of nitrogens with zero attached hydrogens (tertiary/aromatic N) is 3. The van der Waals surface area contributed by atoms with Gasteiger partial charge in [-0.25, -0.2) is 10.1 Å². The SMILES string of the molecule is CC(=NNC(=O)c1ccc([N+](=O)[O-])cc1)c1c(C)[nH]n(-c2ccc(I)cc2)c1=O. The van der Waals surface area contributed by atoms with E-state index in [4.69, 9.17) is 0 Å². The number of carbonyl (C=O) groups is 1. The van der Waals surface area contributed by atoms with Crippen molar-refractivity contribution >= 4 is 39.9 Å². The van der Waals surface area contributed by atoms with Gasteiger partial charge in [0.1, 0.15) is 0 Å². The number of aromatic amines is 1. The Bertz CT molecular complexity index is 1160. The number of aryl methyl sites for hydroxylation is 1. The van der Waals surface area contributed by atoms with Gasteiger partial charge in [-0.15, -0.1) is 0 Å². The van der Waals surface area contributed by atoms with Gasteiger partial charge in [0.2, 0.25) is 0 Å². The van der Waals surface area contributed by atoms with E-state index in [-0.39, 0.29) is 16.8 Å². The Morgan fingerprint density at radius 3 is 2.38 bits per heavy atom. The number of carbonyl (C=O) groups excluding carboxylic acids is 1. The second-order valence-corrected chi connectivity index (χ2v) is 7.42. The number of amides is 1. The van der Waals surface area contributed by atoms with Gasteiger partial charge in [-0.2, -0.15) is 5.10 Å². The van der Waals surface area contributed by atoms with E-state index in [2.05, 4.69) is 38.2 Å². The van der Waals surface area contributed by atoms with Gasteiger partial charge in [0.15, 0.2) is 0 Å². The highest BCUT2D eigenvalue weighted by atomic mass is 127. The zero-order valence-corrected chi connectivity index (χ0v) is 17.6. The molecule has 0 spiro atoms. The molecule has 3 rings (SSSR count). The predicted octanol–water partition coefficient (Wildman–Crippen LogP) is 3.14. The molecule has 148 valence electrons. The number of nitrogens with one attached hydrogen (secondary N) is 2. The number of H-pyrrole nitrogens is 1. The van der Waals surface area contributed by atoms with Crippen molar-refractivity contribution in [2.75, 3.05) is 0 Å². The Morgan fingerprint density at radius 1 is 1.17 bits per heavy atom. The van der Waals surface area contributed by atoms with Crippen LogP contribution in [0, 0.1) is 20.6 Å². The van der Waals surface area contributed by atoms with Gasteiger partial charge in [-0.1, -0.05) is 0 Å². The molecule has 0 radical (unpaired) electrons. The number of benzene rings is 2. The Labute approximate surface area is 178 Å². The van der Waals surface area contributed by atoms with Crippen LogP contribution in [0.2, 0.25) is 0 Å². The second-order valence-electron chi connectivity index (χ2n) is 6.17. The van der Waals surface area contributed by atoms with Gasteiger partial charge < -0.3 is 0 Å². The van der Waals surface area contributed by atoms with E-state index in [0.717, 1.165) is 3.57 Å². The number of non-ortho nitro benzene ring substituents is 1. The number of hydrazone groups is 1. The molecule has 2 N–H and O–H groups in total. The highest BCUT2D eigenvalue weighted by molar-refractivity contribution is 14.1. The molecule has 0 unspecified atom stereocenters. The fraction of sp³-hybridized carbons (Fsp3) is 0.105. The molecule has 0 aliphatic carbocycles. The molecular formula is C19H16IN5O4. The van der Waals surface area contributed by atoms with E-state index in [9.17, 15) is 19.7 Å². The summed E-state index contributed by atoms with van der Waals surface area (Å²) in [5, 5.41) is 17.7. The summed E-state index contributed by atoms with van der Waals surface area (Å²) in [5.41, 5.74) is 4.18. The summed E-state index contributed by atoms with van der Waals surface area (Å²) in [6, 6.07) is 12.6. The standard InChI is InChI=1S/C19H16IN5O4/c1-11(21-22-18(26)13-3-7-16(8-4-13)25(28)29)17-12(2)23-24(19(17)27)15-9-5-14(20)6-10-15/h3-10,23H,1-2H3,(H,22,26). The third-order valence-electron chi connectivity index (χ3n) is 4.18. The van der Waals surface area contributed by atoms with Crippen molar-refractivity contribution in [1.82, 2.24) is 15.2 Å². The Kier molecular flexibility index (Phi) is 5.92. The highest BCUT2D eigenvalue weighted by Crippen LogP contribution is 2.13. The van der Waals surface area contributed by atoms with Gasteiger partial charge in [0.25, 0.3) is 17.2 Å². The fourth-order valence-electron chi connectivity index (χ4n) is 2.73. The lowest BCUT2D eigenvalue weighted by Crippen LogP contribution is -2.23. The molecule has 10 heteroatoms. The maximum absolute atomic E-state index is 12.8. The summed E-state index contributed by atoms with van der Waals surface area (Å²) >= 11 is 2.18. The van der Waals surface area contributed by atoms with Gasteiger partial charge in [-0.3, -0.25) is 24.8 Å². The van der Waals surface area contributed by atoms with Crippen molar-refractivity contribution < 1.29 is 9.72 Å². The van der Waals surface area contributed by atoms with E-state index in [1.165, 1.54) is 28.9 Å². The first-order valence-electron chi connectivity index (χ1n) is 8.45. The largest absolute Gasteiger partial charge is 0.295 e. The maximum atomic E-state index is 12.8. The first-order chi connectivity index (χ1) is 13.8. The molecule has 9 nitrogen and oxygen atoms in total. The Balaban J connectivity index is 1.82. The molecule has 0 atom stereocenters. The summed E-state index contributed by atoms with van der Waals surface area (Å²) < 4.78 is 2.47. The number of hydrogen-bond donors (Lipinski definition) is 2. The van der Waals surface area contributed by atoms with Crippen LogP contribution in [0.25, 0.3) is 5.69 Å². The molecule has 0 fully saturated rings. The van der Waals surface area contributed by atoms with Crippen molar-refractivity contribution in [2.45, 2.75) is 13.8 Å². The highest BCUT2D eigenvalue weighted by Gasteiger charge is 2.16. The summed E-state index contributed by atoms with van der Waals surface area (Å²) in [4.78, 5) is 35.2. The van der Waals surface area contributed by atoms with Crippen LogP contribution in [0.4, 0.5) is 5.69 Å². The zero-order chi connectivity index (χ0) is 21.1. The molecular weight excluding hydrogens is 489 g/mol. The summed E-state index contributed by atoms with van der Waals surface area (Å²) in [6.07, 6.45) is 0. The first kappa shape index (κ1) is 20.5. The van der Waals surface area contributed by atoms with Crippen molar-refractivity contribution in [3.63, 3.8) is 0 Å². The molecule has 2 aromatic carbocycles. The molecule has 29 heavy (non-hydrogen) atoms. The first-order valence-corrected chi connectivity index (χ1v) is 9.53. The van der Waals surface area contributed by atoms with Crippen LogP contribution in [-0.4, -0.2) is 26.3 Å². The minimum absolute atomic E-state index is 0.111. The molecule has 0 aliphatic heterocycles. The van der Waals surface area contributed by atoms with Crippen molar-refractivity contribution in [3.8, 4) is 5.69 Å². The quantitative estimate of drug-likeness (QED) is 0.240. The fourth-order valence-corrected chi connectivity index (χ4v) is 3.09. The zero-order valence-electron chi connectivity index (χ0n) is 15.5. The lowest BCUT2D eigenvalue weighted by atomic mass is 10.2. The van der Waals surface area contributed by atoms with Crippen molar-refractivity contribution in [2.24, 2.45) is 5.10 Å². The average molecular weight is 505 g/mol. The van der Waals surface area contributed by atoms with Crippen molar-refractivity contribution in [1.29, 1.82) is 0 Å².